The molecule has 3 atom stereocenters. The van der Waals surface area contributed by atoms with Gasteiger partial charge in [-0.2, -0.15) is 0 Å². The zero-order valence-corrected chi connectivity index (χ0v) is 26.8. The molecule has 6 rings (SSSR count). The van der Waals surface area contributed by atoms with Crippen molar-refractivity contribution in [3.05, 3.63) is 90.2 Å². The van der Waals surface area contributed by atoms with Crippen LogP contribution in [0.4, 0.5) is 5.82 Å². The minimum absolute atomic E-state index is 0.0197. The number of fused-ring (bicyclic) bond motifs is 2. The van der Waals surface area contributed by atoms with Crippen molar-refractivity contribution in [1.29, 1.82) is 0 Å². The maximum atomic E-state index is 15.0. The molecule has 3 aliphatic rings. The molecule has 1 aliphatic carbocycles. The van der Waals surface area contributed by atoms with Crippen LogP contribution in [-0.4, -0.2) is 54.7 Å². The molecule has 0 amide bonds. The molecular weight excluding hydrogens is 618 g/mol. The normalized spacial score (nSPS) is 21.2. The molecule has 0 bridgehead atoms. The Bertz CT molecular complexity index is 2010. The Morgan fingerprint density at radius 1 is 1.04 bits per heavy atom. The minimum Gasteiger partial charge on any atom is -0.496 e. The molecule has 12 nitrogen and oxygen atoms in total. The molecule has 0 fully saturated rings. The average Bonchev–Trinajstić information content (AvgIpc) is 3.35. The van der Waals surface area contributed by atoms with Gasteiger partial charge in [-0.25, -0.2) is 4.79 Å². The first kappa shape index (κ1) is 31.0. The van der Waals surface area contributed by atoms with E-state index >= 15 is 0 Å². The van der Waals surface area contributed by atoms with Crippen molar-refractivity contribution >= 4 is 29.0 Å². The number of allylic oxidation sites excluding steroid dienone is 1. The number of aromatic nitrogens is 2. The van der Waals surface area contributed by atoms with Crippen LogP contribution in [0.5, 0.6) is 28.7 Å². The molecule has 13 heteroatoms. The molecule has 3 heterocycles. The van der Waals surface area contributed by atoms with Gasteiger partial charge in [0.15, 0.2) is 17.2 Å². The van der Waals surface area contributed by atoms with Crippen LogP contribution in [0, 0.1) is 5.92 Å². The first-order valence-corrected chi connectivity index (χ1v) is 14.8. The number of benzene rings is 2. The fourth-order valence-corrected chi connectivity index (χ4v) is 6.75. The number of carbonyl (C=O) groups excluding carboxylic acids is 2. The van der Waals surface area contributed by atoms with E-state index in [1.165, 1.54) is 39.0 Å². The number of carbonyl (C=O) groups is 2. The molecule has 3 aromatic rings. The zero-order chi connectivity index (χ0) is 33.2. The molecular formula is C33H32ClN3O9. The Hall–Kier alpha value is -4.97. The molecule has 2 aromatic carbocycles. The summed E-state index contributed by atoms with van der Waals surface area (Å²) in [4.78, 5) is 58.0. The minimum atomic E-state index is -2.02. The van der Waals surface area contributed by atoms with Gasteiger partial charge in [0.25, 0.3) is 5.56 Å². The monoisotopic (exact) mass is 649 g/mol. The SMILES string of the molecule is C=C(C)COc1ccc(C2C3=C(CC(C)C4(Oc5c(Cl)c(OC)cc(OC)c5C4=O)C3=O)Nc3c2c(=O)[nH]c(=O)n3C)cc1OC. The Morgan fingerprint density at radius 2 is 1.74 bits per heavy atom. The third kappa shape index (κ3) is 4.34. The van der Waals surface area contributed by atoms with Crippen molar-refractivity contribution in [2.45, 2.75) is 31.8 Å². The van der Waals surface area contributed by atoms with E-state index in [2.05, 4.69) is 16.9 Å². The second-order valence-corrected chi connectivity index (χ2v) is 12.0. The van der Waals surface area contributed by atoms with Crippen LogP contribution >= 0.6 is 11.6 Å². The fraction of sp³-hybridized carbons (Fsp3) is 0.333. The van der Waals surface area contributed by atoms with Gasteiger partial charge in [0, 0.05) is 36.2 Å². The summed E-state index contributed by atoms with van der Waals surface area (Å²) in [5.74, 6) is -1.68. The summed E-state index contributed by atoms with van der Waals surface area (Å²) in [5, 5.41) is 3.20. The summed E-state index contributed by atoms with van der Waals surface area (Å²) in [5.41, 5.74) is -1.35. The maximum absolute atomic E-state index is 15.0. The van der Waals surface area contributed by atoms with Crippen LogP contribution in [0.25, 0.3) is 0 Å². The molecule has 0 radical (unpaired) electrons. The maximum Gasteiger partial charge on any atom is 0.329 e. The second kappa shape index (κ2) is 11.1. The van der Waals surface area contributed by atoms with Crippen LogP contribution < -0.4 is 40.3 Å². The molecule has 2 N–H and O–H groups in total. The van der Waals surface area contributed by atoms with Crippen molar-refractivity contribution in [3.8, 4) is 28.7 Å². The Labute approximate surface area is 268 Å². The highest BCUT2D eigenvalue weighted by Crippen LogP contribution is 2.56. The first-order valence-electron chi connectivity index (χ1n) is 14.4. The van der Waals surface area contributed by atoms with Crippen LogP contribution in [-0.2, 0) is 11.8 Å². The van der Waals surface area contributed by atoms with Gasteiger partial charge < -0.3 is 29.0 Å². The number of hydrogen-bond acceptors (Lipinski definition) is 10. The van der Waals surface area contributed by atoms with E-state index in [1.54, 1.807) is 25.1 Å². The van der Waals surface area contributed by atoms with Crippen LogP contribution in [0.2, 0.25) is 5.02 Å². The van der Waals surface area contributed by atoms with Gasteiger partial charge in [0.05, 0.1) is 26.9 Å². The van der Waals surface area contributed by atoms with Crippen LogP contribution in [0.3, 0.4) is 0 Å². The fourth-order valence-electron chi connectivity index (χ4n) is 6.48. The average molecular weight is 650 g/mol. The highest BCUT2D eigenvalue weighted by molar-refractivity contribution is 6.36. The molecule has 0 saturated heterocycles. The Morgan fingerprint density at radius 3 is 2.39 bits per heavy atom. The van der Waals surface area contributed by atoms with Gasteiger partial charge in [0.2, 0.25) is 17.2 Å². The predicted octanol–water partition coefficient (Wildman–Crippen LogP) is 4.14. The summed E-state index contributed by atoms with van der Waals surface area (Å²) in [6.07, 6.45) is 0.158. The van der Waals surface area contributed by atoms with E-state index < -0.39 is 40.3 Å². The number of hydrogen-bond donors (Lipinski definition) is 2. The highest BCUT2D eigenvalue weighted by Gasteiger charge is 2.63. The molecule has 1 aromatic heterocycles. The van der Waals surface area contributed by atoms with E-state index in [9.17, 15) is 19.2 Å². The highest BCUT2D eigenvalue weighted by atomic mass is 35.5. The molecule has 2 aliphatic heterocycles. The smallest absolute Gasteiger partial charge is 0.329 e. The lowest BCUT2D eigenvalue weighted by Gasteiger charge is -2.42. The molecule has 0 saturated carbocycles. The molecule has 240 valence electrons. The number of H-pyrrole nitrogens is 1. The number of rotatable bonds is 7. The number of ether oxygens (including phenoxy) is 5. The molecule has 46 heavy (non-hydrogen) atoms. The third-order valence-corrected chi connectivity index (χ3v) is 9.09. The van der Waals surface area contributed by atoms with Gasteiger partial charge in [-0.3, -0.25) is 23.9 Å². The van der Waals surface area contributed by atoms with E-state index in [0.717, 1.165) is 5.57 Å². The Kier molecular flexibility index (Phi) is 7.51. The third-order valence-electron chi connectivity index (χ3n) is 8.73. The molecule has 1 spiro atoms. The summed E-state index contributed by atoms with van der Waals surface area (Å²) < 4.78 is 30.0. The number of halogens is 1. The number of Topliss-reactive ketones (excluding diaryl/α,β-unsaturated/α-hetero) is 2. The summed E-state index contributed by atoms with van der Waals surface area (Å²) >= 11 is 6.62. The summed E-state index contributed by atoms with van der Waals surface area (Å²) in [6.45, 7) is 7.66. The lowest BCUT2D eigenvalue weighted by Crippen LogP contribution is -2.58. The van der Waals surface area contributed by atoms with Gasteiger partial charge in [-0.15, -0.1) is 0 Å². The van der Waals surface area contributed by atoms with Crippen molar-refractivity contribution in [3.63, 3.8) is 0 Å². The van der Waals surface area contributed by atoms with Crippen molar-refractivity contribution in [1.82, 2.24) is 9.55 Å². The number of aromatic amines is 1. The van der Waals surface area contributed by atoms with E-state index in [4.69, 9.17) is 35.3 Å². The lowest BCUT2D eigenvalue weighted by molar-refractivity contribution is -0.130. The second-order valence-electron chi connectivity index (χ2n) is 11.6. The number of ketones is 2. The number of anilines is 1. The van der Waals surface area contributed by atoms with Crippen molar-refractivity contribution in [2.24, 2.45) is 13.0 Å². The van der Waals surface area contributed by atoms with Crippen molar-refractivity contribution in [2.75, 3.05) is 33.3 Å². The lowest BCUT2D eigenvalue weighted by atomic mass is 9.66. The standard InChI is InChI=1S/C33H32ClN3O9/c1-14(2)13-45-18-9-8-16(11-19(18)42-5)22-23-17(35-30-25(22)31(40)36-32(41)37(30)4)10-15(3)33(28(23)38)29(39)24-20(43-6)12-21(44-7)26(34)27(24)46-33/h8-9,11-12,15,22,35H,1,10,13H2,2-7H3,(H,36,40,41). The topological polar surface area (TPSA) is 147 Å². The van der Waals surface area contributed by atoms with Crippen molar-refractivity contribution < 1.29 is 33.3 Å². The first-order chi connectivity index (χ1) is 21.9. The van der Waals surface area contributed by atoms with Crippen LogP contribution in [0.15, 0.2) is 57.3 Å². The van der Waals surface area contributed by atoms with Gasteiger partial charge in [-0.05, 0) is 36.6 Å². The quantitative estimate of drug-likeness (QED) is 0.283. The molecule has 3 unspecified atom stereocenters. The van der Waals surface area contributed by atoms with E-state index in [0.29, 0.717) is 22.8 Å². The summed E-state index contributed by atoms with van der Waals surface area (Å²) in [6, 6.07) is 6.51. The van der Waals surface area contributed by atoms with Gasteiger partial charge in [-0.1, -0.05) is 31.2 Å². The van der Waals surface area contributed by atoms with E-state index in [1.807, 2.05) is 6.92 Å². The van der Waals surface area contributed by atoms with Gasteiger partial charge >= 0.3 is 5.69 Å². The van der Waals surface area contributed by atoms with Gasteiger partial charge in [0.1, 0.15) is 34.5 Å². The zero-order valence-electron chi connectivity index (χ0n) is 26.1. The Balaban J connectivity index is 1.57. The van der Waals surface area contributed by atoms with E-state index in [-0.39, 0.29) is 57.8 Å². The predicted molar refractivity (Wildman–Crippen MR) is 169 cm³/mol. The largest absolute Gasteiger partial charge is 0.496 e. The number of methoxy groups -OCH3 is 3. The van der Waals surface area contributed by atoms with Crippen LogP contribution in [0.1, 0.15) is 47.7 Å². The number of nitrogens with zero attached hydrogens (tertiary/aromatic N) is 1. The summed E-state index contributed by atoms with van der Waals surface area (Å²) in [7, 11) is 5.79. The number of nitrogens with one attached hydrogen (secondary N) is 2.